The molecule has 166 valence electrons. The molecule has 0 aromatic heterocycles. The Labute approximate surface area is 201 Å². The highest BCUT2D eigenvalue weighted by Crippen LogP contribution is 2.21. The van der Waals surface area contributed by atoms with E-state index in [0.29, 0.717) is 0 Å². The van der Waals surface area contributed by atoms with Gasteiger partial charge in [0.05, 0.1) is 0 Å². The van der Waals surface area contributed by atoms with Crippen LogP contribution in [-0.4, -0.2) is 45.2 Å². The highest BCUT2D eigenvalue weighted by molar-refractivity contribution is 14.0. The molecule has 0 spiro atoms. The van der Waals surface area contributed by atoms with Crippen molar-refractivity contribution in [3.63, 3.8) is 0 Å². The van der Waals surface area contributed by atoms with E-state index in [1.807, 2.05) is 6.07 Å². The number of hydrogen-bond donors (Lipinski definition) is 2. The summed E-state index contributed by atoms with van der Waals surface area (Å²) < 4.78 is 13.6. The van der Waals surface area contributed by atoms with Crippen molar-refractivity contribution in [2.45, 2.75) is 25.4 Å². The lowest BCUT2D eigenvalue weighted by Crippen LogP contribution is -2.51. The number of halogens is 2. The Bertz CT molecular complexity index is 908. The summed E-state index contributed by atoms with van der Waals surface area (Å²) in [5.74, 6) is 0.612. The van der Waals surface area contributed by atoms with Gasteiger partial charge in [0.15, 0.2) is 5.96 Å². The van der Waals surface area contributed by atoms with E-state index in [0.717, 1.165) is 57.2 Å². The van der Waals surface area contributed by atoms with Gasteiger partial charge >= 0.3 is 0 Å². The molecule has 2 aliphatic rings. The van der Waals surface area contributed by atoms with Gasteiger partial charge < -0.3 is 20.4 Å². The van der Waals surface area contributed by atoms with Gasteiger partial charge in [-0.25, -0.2) is 4.39 Å². The van der Waals surface area contributed by atoms with Crippen LogP contribution >= 0.6 is 24.0 Å². The van der Waals surface area contributed by atoms with Crippen LogP contribution in [0.15, 0.2) is 65.7 Å². The predicted molar refractivity (Wildman–Crippen MR) is 138 cm³/mol. The number of benzene rings is 2. The van der Waals surface area contributed by atoms with Crippen molar-refractivity contribution in [2.75, 3.05) is 43.0 Å². The molecule has 2 N–H and O–H groups in total. The Hall–Kier alpha value is -2.29. The maximum absolute atomic E-state index is 13.6. The Morgan fingerprint density at radius 2 is 1.81 bits per heavy atom. The fourth-order valence-corrected chi connectivity index (χ4v) is 4.13. The molecule has 31 heavy (non-hydrogen) atoms. The van der Waals surface area contributed by atoms with Crippen LogP contribution in [-0.2, 0) is 6.54 Å². The van der Waals surface area contributed by atoms with Crippen LogP contribution in [0.5, 0.6) is 0 Å². The molecule has 0 amide bonds. The maximum atomic E-state index is 13.6. The van der Waals surface area contributed by atoms with Crippen LogP contribution in [0, 0.1) is 5.82 Å². The van der Waals surface area contributed by atoms with Crippen molar-refractivity contribution in [2.24, 2.45) is 4.99 Å². The van der Waals surface area contributed by atoms with Gasteiger partial charge in [0.1, 0.15) is 5.82 Å². The largest absolute Gasteiger partial charge is 0.369 e. The summed E-state index contributed by atoms with van der Waals surface area (Å²) in [5.41, 5.74) is 3.42. The van der Waals surface area contributed by atoms with Crippen molar-refractivity contribution in [3.8, 4) is 0 Å². The second kappa shape index (κ2) is 11.4. The second-order valence-corrected chi connectivity index (χ2v) is 7.88. The number of nitrogens with zero attached hydrogens (tertiary/aromatic N) is 3. The molecular formula is C24H31FIN5. The average molecular weight is 535 g/mol. The van der Waals surface area contributed by atoms with E-state index in [-0.39, 0.29) is 35.8 Å². The van der Waals surface area contributed by atoms with E-state index >= 15 is 0 Å². The normalized spacial score (nSPS) is 18.6. The lowest BCUT2D eigenvalue weighted by molar-refractivity contribution is 0.467. The van der Waals surface area contributed by atoms with Crippen molar-refractivity contribution in [3.05, 3.63) is 72.1 Å². The molecule has 5 nitrogen and oxygen atoms in total. The zero-order valence-corrected chi connectivity index (χ0v) is 20.3. The molecule has 1 unspecified atom stereocenters. The molecule has 2 aromatic rings. The summed E-state index contributed by atoms with van der Waals surface area (Å²) in [7, 11) is 1.80. The standard InChI is InChI=1S/C24H30FN5.HI/c1-26-24(27-17-19-7-4-10-22(15-19)29-12-2-3-13-29)28-21-9-6-14-30(18-21)23-11-5-8-20(25)16-23;/h2-5,7-8,10-11,15-16,21H,6,9,12-14,17-18H2,1H3,(H2,26,27,28);1H. The summed E-state index contributed by atoms with van der Waals surface area (Å²) in [5, 5.41) is 6.98. The molecule has 0 aliphatic carbocycles. The fraction of sp³-hybridized carbons (Fsp3) is 0.375. The van der Waals surface area contributed by atoms with Crippen molar-refractivity contribution in [1.82, 2.24) is 10.6 Å². The summed E-state index contributed by atoms with van der Waals surface area (Å²) >= 11 is 0. The monoisotopic (exact) mass is 535 g/mol. The van der Waals surface area contributed by atoms with Gasteiger partial charge in [-0.1, -0.05) is 30.4 Å². The number of piperidine rings is 1. The van der Waals surface area contributed by atoms with Crippen LogP contribution in [0.1, 0.15) is 18.4 Å². The van der Waals surface area contributed by atoms with E-state index in [2.05, 4.69) is 61.8 Å². The third-order valence-corrected chi connectivity index (χ3v) is 5.71. The van der Waals surface area contributed by atoms with E-state index in [1.165, 1.54) is 17.3 Å². The van der Waals surface area contributed by atoms with Crippen molar-refractivity contribution >= 4 is 41.3 Å². The highest BCUT2D eigenvalue weighted by Gasteiger charge is 2.21. The third-order valence-electron chi connectivity index (χ3n) is 5.71. The van der Waals surface area contributed by atoms with E-state index in [9.17, 15) is 4.39 Å². The SMILES string of the molecule is CN=C(NCc1cccc(N2CC=CC2)c1)NC1CCCN(c2cccc(F)c2)C1.I. The molecule has 2 aromatic carbocycles. The predicted octanol–water partition coefficient (Wildman–Crippen LogP) is 4.15. The zero-order valence-electron chi connectivity index (χ0n) is 17.9. The number of aliphatic imine (C=N–C) groups is 1. The first kappa shape index (κ1) is 23.4. The van der Waals surface area contributed by atoms with Crippen molar-refractivity contribution < 1.29 is 4.39 Å². The Morgan fingerprint density at radius 3 is 2.55 bits per heavy atom. The first-order valence-electron chi connectivity index (χ1n) is 10.7. The molecule has 7 heteroatoms. The molecular weight excluding hydrogens is 504 g/mol. The van der Waals surface area contributed by atoms with Gasteiger partial charge in [-0.15, -0.1) is 24.0 Å². The topological polar surface area (TPSA) is 42.9 Å². The minimum Gasteiger partial charge on any atom is -0.369 e. The number of guanidine groups is 1. The smallest absolute Gasteiger partial charge is 0.191 e. The Morgan fingerprint density at radius 1 is 1.06 bits per heavy atom. The summed E-state index contributed by atoms with van der Waals surface area (Å²) in [4.78, 5) is 8.99. The van der Waals surface area contributed by atoms with E-state index in [4.69, 9.17) is 0 Å². The molecule has 1 saturated heterocycles. The van der Waals surface area contributed by atoms with Gasteiger partial charge in [-0.3, -0.25) is 4.99 Å². The van der Waals surface area contributed by atoms with Crippen LogP contribution in [0.4, 0.5) is 15.8 Å². The molecule has 0 saturated carbocycles. The maximum Gasteiger partial charge on any atom is 0.191 e. The molecule has 2 aliphatic heterocycles. The summed E-state index contributed by atoms with van der Waals surface area (Å²) in [6.45, 7) is 4.45. The lowest BCUT2D eigenvalue weighted by atomic mass is 10.0. The van der Waals surface area contributed by atoms with Crippen molar-refractivity contribution in [1.29, 1.82) is 0 Å². The van der Waals surface area contributed by atoms with Crippen LogP contribution in [0.3, 0.4) is 0 Å². The van der Waals surface area contributed by atoms with Gasteiger partial charge in [0, 0.05) is 57.2 Å². The molecule has 0 bridgehead atoms. The number of hydrogen-bond acceptors (Lipinski definition) is 3. The number of rotatable bonds is 5. The van der Waals surface area contributed by atoms with Crippen LogP contribution in [0.25, 0.3) is 0 Å². The molecule has 1 atom stereocenters. The Kier molecular flexibility index (Phi) is 8.57. The van der Waals surface area contributed by atoms with E-state index < -0.39 is 0 Å². The third kappa shape index (κ3) is 6.35. The van der Waals surface area contributed by atoms with Crippen LogP contribution in [0.2, 0.25) is 0 Å². The van der Waals surface area contributed by atoms with Gasteiger partial charge in [0.2, 0.25) is 0 Å². The first-order chi connectivity index (χ1) is 14.7. The number of nitrogens with one attached hydrogen (secondary N) is 2. The fourth-order valence-electron chi connectivity index (χ4n) is 4.13. The minimum atomic E-state index is -0.188. The summed E-state index contributed by atoms with van der Waals surface area (Å²) in [6.07, 6.45) is 6.54. The van der Waals surface area contributed by atoms with Gasteiger partial charge in [0.25, 0.3) is 0 Å². The second-order valence-electron chi connectivity index (χ2n) is 7.88. The zero-order chi connectivity index (χ0) is 20.8. The molecule has 4 rings (SSSR count). The summed E-state index contributed by atoms with van der Waals surface area (Å²) in [6, 6.07) is 15.8. The molecule has 2 heterocycles. The lowest BCUT2D eigenvalue weighted by Gasteiger charge is -2.35. The first-order valence-corrected chi connectivity index (χ1v) is 10.7. The minimum absolute atomic E-state index is 0. The molecule has 0 radical (unpaired) electrons. The highest BCUT2D eigenvalue weighted by atomic mass is 127. The Balaban J connectivity index is 0.00000272. The average Bonchev–Trinajstić information content (AvgIpc) is 3.32. The quantitative estimate of drug-likeness (QED) is 0.261. The van der Waals surface area contributed by atoms with Crippen LogP contribution < -0.4 is 20.4 Å². The van der Waals surface area contributed by atoms with Gasteiger partial charge in [-0.05, 0) is 48.7 Å². The molecule has 1 fully saturated rings. The number of anilines is 2. The van der Waals surface area contributed by atoms with E-state index in [1.54, 1.807) is 19.2 Å². The van der Waals surface area contributed by atoms with Gasteiger partial charge in [-0.2, -0.15) is 0 Å².